The minimum Gasteiger partial charge on any atom is -0.871 e. The molecule has 7 heteroatoms. The maximum absolute atomic E-state index is 12.7. The van der Waals surface area contributed by atoms with Gasteiger partial charge in [-0.05, 0) is 24.3 Å². The monoisotopic (exact) mass is 345 g/mol. The third kappa shape index (κ3) is 2.55. The van der Waals surface area contributed by atoms with Gasteiger partial charge in [-0.15, -0.1) is 11.3 Å². The molecule has 0 N–H and O–H groups in total. The third-order valence-electron chi connectivity index (χ3n) is 3.45. The highest BCUT2D eigenvalue weighted by molar-refractivity contribution is 8.18. The van der Waals surface area contributed by atoms with E-state index in [0.717, 1.165) is 5.00 Å². The van der Waals surface area contributed by atoms with Crippen LogP contribution in [0.4, 0.5) is 5.00 Å². The molecular weight excluding hydrogens is 332 g/mol. The molecule has 0 amide bonds. The van der Waals surface area contributed by atoms with Crippen molar-refractivity contribution in [3.8, 4) is 0 Å². The number of hydrogen-bond donors (Lipinski definition) is 0. The Morgan fingerprint density at radius 2 is 1.78 bits per heavy atom. The Morgan fingerprint density at radius 3 is 2.35 bits per heavy atom. The molecule has 1 aromatic rings. The maximum Gasteiger partial charge on any atom is 0.234 e. The topological polar surface area (TPSA) is 72.8 Å². The highest BCUT2D eigenvalue weighted by Crippen LogP contribution is 2.40. The summed E-state index contributed by atoms with van der Waals surface area (Å²) in [5.74, 6) is -1.94. The first-order valence-corrected chi connectivity index (χ1v) is 8.42. The van der Waals surface area contributed by atoms with Crippen molar-refractivity contribution in [3.63, 3.8) is 0 Å². The molecule has 0 fully saturated rings. The largest absolute Gasteiger partial charge is 0.871 e. The van der Waals surface area contributed by atoms with Gasteiger partial charge in [0, 0.05) is 42.1 Å². The van der Waals surface area contributed by atoms with Crippen molar-refractivity contribution in [2.24, 2.45) is 4.99 Å². The Labute approximate surface area is 141 Å². The molecule has 1 aromatic heterocycles. The van der Waals surface area contributed by atoms with Crippen molar-refractivity contribution in [2.45, 2.75) is 0 Å². The Morgan fingerprint density at radius 1 is 1.09 bits per heavy atom. The van der Waals surface area contributed by atoms with Crippen LogP contribution in [0, 0.1) is 0 Å². The fourth-order valence-electron chi connectivity index (χ4n) is 2.29. The Kier molecular flexibility index (Phi) is 3.99. The van der Waals surface area contributed by atoms with Gasteiger partial charge in [0.1, 0.15) is 0 Å². The van der Waals surface area contributed by atoms with E-state index in [1.807, 2.05) is 25.1 Å². The van der Waals surface area contributed by atoms with Crippen molar-refractivity contribution >= 4 is 50.3 Å². The first kappa shape index (κ1) is 15.8. The predicted molar refractivity (Wildman–Crippen MR) is 92.7 cm³/mol. The van der Waals surface area contributed by atoms with Crippen LogP contribution >= 0.6 is 23.1 Å². The van der Waals surface area contributed by atoms with Gasteiger partial charge in [-0.25, -0.2) is 0 Å². The average Bonchev–Trinajstić information content (AvgIpc) is 3.20. The molecule has 0 radical (unpaired) electrons. The van der Waals surface area contributed by atoms with E-state index < -0.39 is 17.3 Å². The van der Waals surface area contributed by atoms with Gasteiger partial charge in [0.05, 0.1) is 10.0 Å². The summed E-state index contributed by atoms with van der Waals surface area (Å²) in [5.41, 5.74) is -0.0591. The summed E-state index contributed by atoms with van der Waals surface area (Å²) in [6.07, 6.45) is 3.39. The number of nitrogens with zero attached hydrogens (tertiary/aromatic N) is 2. The SMILES string of the molecule is CN=C1C=C/C(=C2\C(=O)C(=O)C(c3ccc(N(C)C)s3)=C2[O-])S1. The van der Waals surface area contributed by atoms with Crippen LogP contribution in [0.25, 0.3) is 5.57 Å². The first-order chi connectivity index (χ1) is 10.9. The van der Waals surface area contributed by atoms with Crippen molar-refractivity contribution in [1.82, 2.24) is 0 Å². The number of hydrogen-bond acceptors (Lipinski definition) is 7. The van der Waals surface area contributed by atoms with E-state index in [0.29, 0.717) is 14.8 Å². The second-order valence-electron chi connectivity index (χ2n) is 5.13. The van der Waals surface area contributed by atoms with Crippen LogP contribution < -0.4 is 10.0 Å². The molecule has 0 aromatic carbocycles. The van der Waals surface area contributed by atoms with E-state index in [2.05, 4.69) is 4.99 Å². The summed E-state index contributed by atoms with van der Waals surface area (Å²) in [4.78, 5) is 31.5. The van der Waals surface area contributed by atoms with Crippen LogP contribution in [0.3, 0.4) is 0 Å². The minimum absolute atomic E-state index is 0.0218. The van der Waals surface area contributed by atoms with E-state index in [1.165, 1.54) is 23.1 Å². The lowest BCUT2D eigenvalue weighted by atomic mass is 10.1. The number of anilines is 1. The highest BCUT2D eigenvalue weighted by atomic mass is 32.2. The molecule has 0 unspecified atom stereocenters. The molecule has 1 aliphatic heterocycles. The zero-order valence-electron chi connectivity index (χ0n) is 12.7. The van der Waals surface area contributed by atoms with E-state index in [1.54, 1.807) is 25.3 Å². The summed E-state index contributed by atoms with van der Waals surface area (Å²) in [5, 5.41) is 14.3. The third-order valence-corrected chi connectivity index (χ3v) is 5.81. The normalized spacial score (nSPS) is 22.8. The summed E-state index contributed by atoms with van der Waals surface area (Å²) in [7, 11) is 5.39. The number of rotatable bonds is 2. The van der Waals surface area contributed by atoms with E-state index >= 15 is 0 Å². The molecular formula is C16H13N2O3S2-. The van der Waals surface area contributed by atoms with Crippen molar-refractivity contribution in [3.05, 3.63) is 45.4 Å². The van der Waals surface area contributed by atoms with Crippen LogP contribution in [-0.2, 0) is 9.59 Å². The zero-order valence-corrected chi connectivity index (χ0v) is 14.4. The van der Waals surface area contributed by atoms with Gasteiger partial charge in [-0.1, -0.05) is 17.5 Å². The van der Waals surface area contributed by atoms with E-state index in [4.69, 9.17) is 0 Å². The van der Waals surface area contributed by atoms with Gasteiger partial charge in [-0.3, -0.25) is 14.6 Å². The number of aliphatic imine (C=N–C) groups is 1. The Balaban J connectivity index is 2.10. The zero-order chi connectivity index (χ0) is 16.7. The lowest BCUT2D eigenvalue weighted by molar-refractivity contribution is -0.294. The lowest BCUT2D eigenvalue weighted by Gasteiger charge is -2.12. The minimum atomic E-state index is -0.727. The maximum atomic E-state index is 12.7. The van der Waals surface area contributed by atoms with Gasteiger partial charge >= 0.3 is 0 Å². The van der Waals surface area contributed by atoms with E-state index in [9.17, 15) is 14.7 Å². The number of carbonyl (C=O) groups excluding carboxylic acids is 2. The van der Waals surface area contributed by atoms with Crippen LogP contribution in [0.2, 0.25) is 0 Å². The Hall–Kier alpha value is -2.12. The molecule has 0 saturated carbocycles. The molecule has 0 bridgehead atoms. The fraction of sp³-hybridized carbons (Fsp3) is 0.188. The molecule has 23 heavy (non-hydrogen) atoms. The van der Waals surface area contributed by atoms with Gasteiger partial charge in [0.15, 0.2) is 0 Å². The van der Waals surface area contributed by atoms with Crippen LogP contribution in [0.5, 0.6) is 0 Å². The summed E-state index contributed by atoms with van der Waals surface area (Å²) >= 11 is 2.55. The molecule has 0 saturated heterocycles. The van der Waals surface area contributed by atoms with Crippen molar-refractivity contribution < 1.29 is 14.7 Å². The van der Waals surface area contributed by atoms with Crippen LogP contribution in [0.1, 0.15) is 4.88 Å². The number of ketones is 2. The lowest BCUT2D eigenvalue weighted by Crippen LogP contribution is -2.12. The van der Waals surface area contributed by atoms with Gasteiger partial charge in [-0.2, -0.15) is 0 Å². The van der Waals surface area contributed by atoms with Gasteiger partial charge < -0.3 is 10.0 Å². The highest BCUT2D eigenvalue weighted by Gasteiger charge is 2.35. The quantitative estimate of drug-likeness (QED) is 0.602. The predicted octanol–water partition coefficient (Wildman–Crippen LogP) is 1.62. The number of Topliss-reactive ketones (excluding diaryl/α,β-unsaturated/α-hetero) is 2. The van der Waals surface area contributed by atoms with Crippen molar-refractivity contribution in [1.29, 1.82) is 0 Å². The van der Waals surface area contributed by atoms with Gasteiger partial charge in [0.25, 0.3) is 0 Å². The van der Waals surface area contributed by atoms with Gasteiger partial charge in [0.2, 0.25) is 11.6 Å². The molecule has 0 atom stereocenters. The number of thiophene rings is 1. The molecule has 5 nitrogen and oxygen atoms in total. The summed E-state index contributed by atoms with van der Waals surface area (Å²) in [6.45, 7) is 0. The number of allylic oxidation sites excluding steroid dienone is 3. The smallest absolute Gasteiger partial charge is 0.234 e. The molecule has 1 aliphatic carbocycles. The van der Waals surface area contributed by atoms with E-state index in [-0.39, 0.29) is 11.1 Å². The van der Waals surface area contributed by atoms with Crippen LogP contribution in [0.15, 0.2) is 45.5 Å². The standard InChI is InChI=1S/C16H14N2O3S2/c1-17-10-6-4-8(22-10)12-14(19)13(16(21)15(12)20)9-5-7-11(23-9)18(2)3/h4-7,19H,1-3H3/p-1/b12-8+,17-10?. The summed E-state index contributed by atoms with van der Waals surface area (Å²) in [6, 6.07) is 3.54. The number of thioether (sulfide) groups is 1. The van der Waals surface area contributed by atoms with Crippen molar-refractivity contribution in [2.75, 3.05) is 26.0 Å². The molecule has 3 rings (SSSR count). The second kappa shape index (κ2) is 5.82. The fourth-order valence-corrected chi connectivity index (χ4v) is 4.13. The molecule has 2 aliphatic rings. The molecule has 0 spiro atoms. The first-order valence-electron chi connectivity index (χ1n) is 6.79. The Bertz CT molecular complexity index is 841. The number of carbonyl (C=O) groups is 2. The summed E-state index contributed by atoms with van der Waals surface area (Å²) < 4.78 is 0. The molecule has 118 valence electrons. The molecule has 2 heterocycles. The van der Waals surface area contributed by atoms with Crippen LogP contribution in [-0.4, -0.2) is 37.8 Å². The average molecular weight is 345 g/mol. The second-order valence-corrected chi connectivity index (χ2v) is 7.26.